The van der Waals surface area contributed by atoms with Gasteiger partial charge in [-0.25, -0.2) is 4.79 Å². The number of rotatable bonds is 15. The summed E-state index contributed by atoms with van der Waals surface area (Å²) >= 11 is 0. The highest BCUT2D eigenvalue weighted by Crippen LogP contribution is 2.09. The molecule has 36 heavy (non-hydrogen) atoms. The average Bonchev–Trinajstić information content (AvgIpc) is 2.79. The SMILES string of the molecule is CC(C)C[C@@H](NC(=O)[C@@H](Cc1ccccc1)NC(=O)[C@@H](C)N)C(=O)N[C@@H](CCCN=C(N)N)C(=O)O. The largest absolute Gasteiger partial charge is 0.480 e. The van der Waals surface area contributed by atoms with Crippen molar-refractivity contribution in [3.05, 3.63) is 35.9 Å². The third-order valence-electron chi connectivity index (χ3n) is 5.23. The third kappa shape index (κ3) is 11.6. The number of carbonyl (C=O) groups excluding carboxylic acids is 3. The van der Waals surface area contributed by atoms with Crippen molar-refractivity contribution in [2.24, 2.45) is 28.1 Å². The molecule has 1 aromatic rings. The molecular formula is C24H39N7O5. The predicted octanol–water partition coefficient (Wildman–Crippen LogP) is -0.785. The lowest BCUT2D eigenvalue weighted by Gasteiger charge is -2.26. The first-order valence-electron chi connectivity index (χ1n) is 11.9. The van der Waals surface area contributed by atoms with Crippen LogP contribution >= 0.6 is 0 Å². The molecule has 12 heteroatoms. The molecule has 4 atom stereocenters. The number of nitrogens with zero attached hydrogens (tertiary/aromatic N) is 1. The first-order chi connectivity index (χ1) is 16.9. The number of guanidine groups is 1. The normalized spacial score (nSPS) is 14.1. The minimum absolute atomic E-state index is 0.0115. The van der Waals surface area contributed by atoms with Crippen molar-refractivity contribution in [2.45, 2.75) is 70.6 Å². The predicted molar refractivity (Wildman–Crippen MR) is 137 cm³/mol. The summed E-state index contributed by atoms with van der Waals surface area (Å²) in [5.74, 6) is -3.03. The van der Waals surface area contributed by atoms with E-state index in [9.17, 15) is 24.3 Å². The summed E-state index contributed by atoms with van der Waals surface area (Å²) in [6.07, 6.45) is 0.876. The zero-order valence-electron chi connectivity index (χ0n) is 21.1. The number of hydrogen-bond acceptors (Lipinski definition) is 6. The molecule has 0 aliphatic carbocycles. The van der Waals surface area contributed by atoms with Gasteiger partial charge in [0.05, 0.1) is 6.04 Å². The molecule has 0 fully saturated rings. The van der Waals surface area contributed by atoms with E-state index in [4.69, 9.17) is 17.2 Å². The van der Waals surface area contributed by atoms with Gasteiger partial charge in [-0.05, 0) is 37.7 Å². The van der Waals surface area contributed by atoms with Gasteiger partial charge in [-0.1, -0.05) is 44.2 Å². The lowest BCUT2D eigenvalue weighted by Crippen LogP contribution is -2.57. The van der Waals surface area contributed by atoms with Crippen LogP contribution in [0.3, 0.4) is 0 Å². The molecular weight excluding hydrogens is 466 g/mol. The number of aliphatic carboxylic acids is 1. The van der Waals surface area contributed by atoms with Gasteiger partial charge in [0.2, 0.25) is 17.7 Å². The summed E-state index contributed by atoms with van der Waals surface area (Å²) < 4.78 is 0. The Labute approximate surface area is 211 Å². The maximum atomic E-state index is 13.2. The van der Waals surface area contributed by atoms with Gasteiger partial charge in [-0.15, -0.1) is 0 Å². The Kier molecular flexibility index (Phi) is 12.9. The van der Waals surface area contributed by atoms with Gasteiger partial charge in [-0.2, -0.15) is 0 Å². The van der Waals surface area contributed by atoms with Gasteiger partial charge in [0.15, 0.2) is 5.96 Å². The molecule has 0 saturated carbocycles. The monoisotopic (exact) mass is 505 g/mol. The van der Waals surface area contributed by atoms with Crippen LogP contribution in [0.1, 0.15) is 45.6 Å². The second kappa shape index (κ2) is 15.4. The van der Waals surface area contributed by atoms with Crippen LogP contribution in [0.15, 0.2) is 35.3 Å². The molecule has 0 radical (unpaired) electrons. The molecule has 10 N–H and O–H groups in total. The van der Waals surface area contributed by atoms with Gasteiger partial charge in [0.25, 0.3) is 0 Å². The van der Waals surface area contributed by atoms with Crippen LogP contribution in [0.2, 0.25) is 0 Å². The molecule has 0 aromatic heterocycles. The smallest absolute Gasteiger partial charge is 0.326 e. The first kappa shape index (κ1) is 30.4. The Balaban J connectivity index is 2.99. The fourth-order valence-corrected chi connectivity index (χ4v) is 3.37. The minimum atomic E-state index is -1.21. The maximum absolute atomic E-state index is 13.2. The van der Waals surface area contributed by atoms with Crippen LogP contribution in [0.5, 0.6) is 0 Å². The fraction of sp³-hybridized carbons (Fsp3) is 0.542. The molecule has 3 amide bonds. The Hall–Kier alpha value is -3.67. The number of carboxylic acids is 1. The second-order valence-electron chi connectivity index (χ2n) is 9.08. The Morgan fingerprint density at radius 1 is 0.889 bits per heavy atom. The molecule has 0 aliphatic rings. The van der Waals surface area contributed by atoms with Crippen molar-refractivity contribution in [2.75, 3.05) is 6.54 Å². The van der Waals surface area contributed by atoms with E-state index in [2.05, 4.69) is 20.9 Å². The molecule has 12 nitrogen and oxygen atoms in total. The lowest BCUT2D eigenvalue weighted by molar-refractivity contribution is -0.142. The van der Waals surface area contributed by atoms with Crippen LogP contribution in [0, 0.1) is 5.92 Å². The molecule has 200 valence electrons. The van der Waals surface area contributed by atoms with E-state index < -0.39 is 47.9 Å². The van der Waals surface area contributed by atoms with E-state index in [0.29, 0.717) is 6.42 Å². The summed E-state index contributed by atoms with van der Waals surface area (Å²) in [5.41, 5.74) is 17.0. The van der Waals surface area contributed by atoms with Gasteiger partial charge >= 0.3 is 5.97 Å². The average molecular weight is 506 g/mol. The summed E-state index contributed by atoms with van der Waals surface area (Å²) in [5, 5.41) is 17.3. The maximum Gasteiger partial charge on any atom is 0.326 e. The molecule has 0 unspecified atom stereocenters. The van der Waals surface area contributed by atoms with Crippen LogP contribution in [0.25, 0.3) is 0 Å². The second-order valence-corrected chi connectivity index (χ2v) is 9.08. The van der Waals surface area contributed by atoms with Gasteiger partial charge in [0.1, 0.15) is 18.1 Å². The summed E-state index contributed by atoms with van der Waals surface area (Å²) in [7, 11) is 0. The van der Waals surface area contributed by atoms with Crippen molar-refractivity contribution in [1.82, 2.24) is 16.0 Å². The van der Waals surface area contributed by atoms with Crippen molar-refractivity contribution in [3.63, 3.8) is 0 Å². The number of hydrogen-bond donors (Lipinski definition) is 7. The van der Waals surface area contributed by atoms with Crippen molar-refractivity contribution in [1.29, 1.82) is 0 Å². The highest BCUT2D eigenvalue weighted by molar-refractivity contribution is 5.94. The Bertz CT molecular complexity index is 901. The zero-order chi connectivity index (χ0) is 27.3. The number of carbonyl (C=O) groups is 4. The number of amides is 3. The molecule has 0 heterocycles. The van der Waals surface area contributed by atoms with Crippen LogP contribution in [0.4, 0.5) is 0 Å². The highest BCUT2D eigenvalue weighted by atomic mass is 16.4. The van der Waals surface area contributed by atoms with Crippen LogP contribution < -0.4 is 33.2 Å². The van der Waals surface area contributed by atoms with E-state index in [1.54, 1.807) is 0 Å². The van der Waals surface area contributed by atoms with Gasteiger partial charge < -0.3 is 38.3 Å². The first-order valence-corrected chi connectivity index (χ1v) is 11.9. The summed E-state index contributed by atoms with van der Waals surface area (Å²) in [4.78, 5) is 53.9. The van der Waals surface area contributed by atoms with E-state index in [1.165, 1.54) is 6.92 Å². The van der Waals surface area contributed by atoms with Crippen molar-refractivity contribution >= 4 is 29.7 Å². The summed E-state index contributed by atoms with van der Waals surface area (Å²) in [6.45, 7) is 5.46. The number of carboxylic acid groups (broad SMARTS) is 1. The molecule has 0 bridgehead atoms. The zero-order valence-corrected chi connectivity index (χ0v) is 21.1. The fourth-order valence-electron chi connectivity index (χ4n) is 3.37. The number of nitrogens with two attached hydrogens (primary N) is 3. The van der Waals surface area contributed by atoms with E-state index in [-0.39, 0.29) is 37.7 Å². The van der Waals surface area contributed by atoms with Crippen LogP contribution in [-0.4, -0.2) is 65.5 Å². The minimum Gasteiger partial charge on any atom is -0.480 e. The van der Waals surface area contributed by atoms with Crippen LogP contribution in [-0.2, 0) is 25.6 Å². The quantitative estimate of drug-likeness (QED) is 0.0908. The Morgan fingerprint density at radius 2 is 1.44 bits per heavy atom. The molecule has 0 spiro atoms. The molecule has 1 rings (SSSR count). The molecule has 0 saturated heterocycles. The molecule has 0 aliphatic heterocycles. The number of nitrogens with one attached hydrogen (secondary N) is 3. The third-order valence-corrected chi connectivity index (χ3v) is 5.23. The van der Waals surface area contributed by atoms with Gasteiger partial charge in [-0.3, -0.25) is 19.4 Å². The summed E-state index contributed by atoms with van der Waals surface area (Å²) in [6, 6.07) is 5.08. The van der Waals surface area contributed by atoms with E-state index in [0.717, 1.165) is 5.56 Å². The van der Waals surface area contributed by atoms with E-state index in [1.807, 2.05) is 44.2 Å². The standard InChI is InChI=1S/C24H39N7O5/c1-14(2)12-18(21(33)29-17(23(35)36)10-7-11-28-24(26)27)31-22(34)19(30-20(32)15(3)25)13-16-8-5-4-6-9-16/h4-6,8-9,14-15,17-19H,7,10-13,25H2,1-3H3,(H,29,33)(H,30,32)(H,31,34)(H,35,36)(H4,26,27,28)/t15-,17+,18-,19-/m1/s1. The van der Waals surface area contributed by atoms with E-state index >= 15 is 0 Å². The number of aliphatic imine (C=N–C) groups is 1. The molecule has 1 aromatic carbocycles. The Morgan fingerprint density at radius 3 is 1.97 bits per heavy atom. The highest BCUT2D eigenvalue weighted by Gasteiger charge is 2.30. The topological polar surface area (TPSA) is 215 Å². The van der Waals surface area contributed by atoms with Gasteiger partial charge in [0, 0.05) is 13.0 Å². The van der Waals surface area contributed by atoms with Crippen molar-refractivity contribution < 1.29 is 24.3 Å². The lowest BCUT2D eigenvalue weighted by atomic mass is 10.0. The number of benzene rings is 1. The van der Waals surface area contributed by atoms with Crippen molar-refractivity contribution in [3.8, 4) is 0 Å².